The Hall–Kier alpha value is -0.120. The Morgan fingerprint density at radius 3 is 2.67 bits per heavy atom. The lowest BCUT2D eigenvalue weighted by Gasteiger charge is -2.39. The number of unbranched alkanes of at least 4 members (excludes halogenated alkanes) is 1. The maximum atomic E-state index is 5.76. The number of likely N-dealkylation sites (tertiary alicyclic amines) is 1. The molecule has 108 valence electrons. The topological polar surface area (TPSA) is 38.5 Å². The molecule has 1 aliphatic rings. The molecule has 1 heterocycles. The van der Waals surface area contributed by atoms with Gasteiger partial charge in [-0.2, -0.15) is 0 Å². The molecule has 0 amide bonds. The molecule has 1 fully saturated rings. The standard InChI is InChI=1S/C15H32N2O/c1-14(2,12-16)8-5-6-10-17-11-7-9-15(3,13-17)18-4/h5-13,16H2,1-4H3. The minimum absolute atomic E-state index is 0.0782. The first-order chi connectivity index (χ1) is 8.41. The third-order valence-corrected chi connectivity index (χ3v) is 4.36. The molecule has 0 aromatic rings. The molecule has 0 aromatic carbocycles. The molecule has 1 unspecified atom stereocenters. The van der Waals surface area contributed by atoms with E-state index in [1.807, 2.05) is 7.11 Å². The summed E-state index contributed by atoms with van der Waals surface area (Å²) < 4.78 is 5.63. The zero-order chi connectivity index (χ0) is 13.6. The first-order valence-electron chi connectivity index (χ1n) is 7.38. The van der Waals surface area contributed by atoms with Gasteiger partial charge in [0.25, 0.3) is 0 Å². The Kier molecular flexibility index (Phi) is 6.09. The SMILES string of the molecule is COC1(C)CCCN(CCCCC(C)(C)CN)C1. The molecule has 0 radical (unpaired) electrons. The van der Waals surface area contributed by atoms with Crippen LogP contribution in [0.25, 0.3) is 0 Å². The van der Waals surface area contributed by atoms with Crippen LogP contribution in [0.5, 0.6) is 0 Å². The van der Waals surface area contributed by atoms with Gasteiger partial charge in [-0.25, -0.2) is 0 Å². The van der Waals surface area contributed by atoms with E-state index in [0.717, 1.165) is 13.1 Å². The van der Waals surface area contributed by atoms with E-state index >= 15 is 0 Å². The van der Waals surface area contributed by atoms with Gasteiger partial charge in [0.2, 0.25) is 0 Å². The van der Waals surface area contributed by atoms with Crippen LogP contribution in [0.15, 0.2) is 0 Å². The molecular weight excluding hydrogens is 224 g/mol. The predicted molar refractivity (Wildman–Crippen MR) is 77.8 cm³/mol. The number of methoxy groups -OCH3 is 1. The van der Waals surface area contributed by atoms with Crippen LogP contribution in [0.2, 0.25) is 0 Å². The van der Waals surface area contributed by atoms with Crippen molar-refractivity contribution in [2.24, 2.45) is 11.1 Å². The molecule has 3 heteroatoms. The molecule has 18 heavy (non-hydrogen) atoms. The van der Waals surface area contributed by atoms with Gasteiger partial charge in [0, 0.05) is 13.7 Å². The lowest BCUT2D eigenvalue weighted by atomic mass is 9.87. The van der Waals surface area contributed by atoms with Crippen LogP contribution in [0.3, 0.4) is 0 Å². The van der Waals surface area contributed by atoms with Crippen LogP contribution in [0.4, 0.5) is 0 Å². The quantitative estimate of drug-likeness (QED) is 0.712. The van der Waals surface area contributed by atoms with Crippen molar-refractivity contribution in [2.75, 3.05) is 33.3 Å². The van der Waals surface area contributed by atoms with Crippen molar-refractivity contribution >= 4 is 0 Å². The number of hydrogen-bond acceptors (Lipinski definition) is 3. The minimum atomic E-state index is 0.0782. The van der Waals surface area contributed by atoms with Crippen molar-refractivity contribution in [1.29, 1.82) is 0 Å². The normalized spacial score (nSPS) is 26.5. The lowest BCUT2D eigenvalue weighted by Crippen LogP contribution is -2.47. The monoisotopic (exact) mass is 256 g/mol. The van der Waals surface area contributed by atoms with E-state index in [2.05, 4.69) is 25.7 Å². The number of rotatable bonds is 7. The zero-order valence-electron chi connectivity index (χ0n) is 12.8. The third-order valence-electron chi connectivity index (χ3n) is 4.36. The molecule has 0 aliphatic carbocycles. The number of ether oxygens (including phenoxy) is 1. The van der Waals surface area contributed by atoms with Crippen LogP contribution in [-0.4, -0.2) is 43.8 Å². The van der Waals surface area contributed by atoms with Crippen molar-refractivity contribution in [3.05, 3.63) is 0 Å². The summed E-state index contributed by atoms with van der Waals surface area (Å²) >= 11 is 0. The second-order valence-electron chi connectivity index (χ2n) is 6.86. The molecule has 0 saturated carbocycles. The smallest absolute Gasteiger partial charge is 0.0777 e. The molecule has 1 rings (SSSR count). The van der Waals surface area contributed by atoms with E-state index in [1.54, 1.807) is 0 Å². The Balaban J connectivity index is 2.20. The number of piperidine rings is 1. The fourth-order valence-corrected chi connectivity index (χ4v) is 2.71. The van der Waals surface area contributed by atoms with Gasteiger partial charge < -0.3 is 15.4 Å². The van der Waals surface area contributed by atoms with Crippen LogP contribution >= 0.6 is 0 Å². The highest BCUT2D eigenvalue weighted by Crippen LogP contribution is 2.25. The highest BCUT2D eigenvalue weighted by molar-refractivity contribution is 4.84. The summed E-state index contributed by atoms with van der Waals surface area (Å²) in [5.41, 5.74) is 6.14. The Labute approximate surface area is 113 Å². The van der Waals surface area contributed by atoms with E-state index in [4.69, 9.17) is 10.5 Å². The molecule has 0 aromatic heterocycles. The highest BCUT2D eigenvalue weighted by atomic mass is 16.5. The molecule has 1 aliphatic heterocycles. The maximum absolute atomic E-state index is 5.76. The van der Waals surface area contributed by atoms with E-state index in [-0.39, 0.29) is 5.60 Å². The van der Waals surface area contributed by atoms with Gasteiger partial charge in [-0.3, -0.25) is 0 Å². The van der Waals surface area contributed by atoms with Crippen LogP contribution in [0.1, 0.15) is 52.9 Å². The van der Waals surface area contributed by atoms with Gasteiger partial charge in [0.15, 0.2) is 0 Å². The fourth-order valence-electron chi connectivity index (χ4n) is 2.71. The largest absolute Gasteiger partial charge is 0.377 e. The Morgan fingerprint density at radius 2 is 2.06 bits per heavy atom. The van der Waals surface area contributed by atoms with Gasteiger partial charge in [-0.05, 0) is 57.7 Å². The average molecular weight is 256 g/mol. The molecule has 0 spiro atoms. The maximum Gasteiger partial charge on any atom is 0.0777 e. The van der Waals surface area contributed by atoms with Gasteiger partial charge >= 0.3 is 0 Å². The Morgan fingerprint density at radius 1 is 1.33 bits per heavy atom. The molecule has 1 saturated heterocycles. The van der Waals surface area contributed by atoms with Crippen molar-refractivity contribution < 1.29 is 4.74 Å². The zero-order valence-corrected chi connectivity index (χ0v) is 12.8. The summed E-state index contributed by atoms with van der Waals surface area (Å²) in [4.78, 5) is 2.56. The van der Waals surface area contributed by atoms with Crippen molar-refractivity contribution in [1.82, 2.24) is 4.90 Å². The fraction of sp³-hybridized carbons (Fsp3) is 1.00. The number of nitrogens with two attached hydrogens (primary N) is 1. The first-order valence-corrected chi connectivity index (χ1v) is 7.38. The first kappa shape index (κ1) is 15.9. The van der Waals surface area contributed by atoms with Crippen molar-refractivity contribution in [3.8, 4) is 0 Å². The minimum Gasteiger partial charge on any atom is -0.377 e. The van der Waals surface area contributed by atoms with Crippen LogP contribution < -0.4 is 5.73 Å². The van der Waals surface area contributed by atoms with E-state index in [9.17, 15) is 0 Å². The third kappa shape index (κ3) is 5.25. The van der Waals surface area contributed by atoms with Crippen molar-refractivity contribution in [3.63, 3.8) is 0 Å². The summed E-state index contributed by atoms with van der Waals surface area (Å²) in [5.74, 6) is 0. The van der Waals surface area contributed by atoms with Crippen LogP contribution in [-0.2, 0) is 4.74 Å². The molecule has 3 nitrogen and oxygen atoms in total. The number of hydrogen-bond donors (Lipinski definition) is 1. The predicted octanol–water partition coefficient (Wildman–Crippen LogP) is 2.64. The summed E-state index contributed by atoms with van der Waals surface area (Å²) in [6.45, 7) is 11.1. The van der Waals surface area contributed by atoms with Crippen LogP contribution in [0, 0.1) is 5.41 Å². The highest BCUT2D eigenvalue weighted by Gasteiger charge is 2.30. The Bertz CT molecular complexity index is 243. The summed E-state index contributed by atoms with van der Waals surface area (Å²) in [6, 6.07) is 0. The summed E-state index contributed by atoms with van der Waals surface area (Å²) in [7, 11) is 1.84. The average Bonchev–Trinajstić information content (AvgIpc) is 2.35. The van der Waals surface area contributed by atoms with Crippen molar-refractivity contribution in [2.45, 2.75) is 58.5 Å². The van der Waals surface area contributed by atoms with E-state index in [1.165, 1.54) is 45.2 Å². The van der Waals surface area contributed by atoms with Gasteiger partial charge in [-0.1, -0.05) is 20.3 Å². The second-order valence-corrected chi connectivity index (χ2v) is 6.86. The molecule has 0 bridgehead atoms. The van der Waals surface area contributed by atoms with E-state index in [0.29, 0.717) is 5.41 Å². The van der Waals surface area contributed by atoms with Gasteiger partial charge in [0.1, 0.15) is 0 Å². The summed E-state index contributed by atoms with van der Waals surface area (Å²) in [5, 5.41) is 0. The second kappa shape index (κ2) is 6.88. The molecule has 1 atom stereocenters. The van der Waals surface area contributed by atoms with E-state index < -0.39 is 0 Å². The summed E-state index contributed by atoms with van der Waals surface area (Å²) in [6.07, 6.45) is 6.26. The molecule has 2 N–H and O–H groups in total. The van der Waals surface area contributed by atoms with Gasteiger partial charge in [-0.15, -0.1) is 0 Å². The lowest BCUT2D eigenvalue weighted by molar-refractivity contribution is -0.0509. The van der Waals surface area contributed by atoms with Gasteiger partial charge in [0.05, 0.1) is 5.60 Å². The number of nitrogens with zero attached hydrogens (tertiary/aromatic N) is 1. The molecular formula is C15H32N2O.